The summed E-state index contributed by atoms with van der Waals surface area (Å²) in [6, 6.07) is 8.60. The molecule has 2 atom stereocenters. The number of nitrogen functional groups attached to an aromatic ring is 1. The van der Waals surface area contributed by atoms with Crippen LogP contribution in [-0.4, -0.2) is 36.0 Å². The van der Waals surface area contributed by atoms with Crippen LogP contribution in [-0.2, 0) is 11.2 Å². The van der Waals surface area contributed by atoms with Crippen molar-refractivity contribution in [1.82, 2.24) is 10.2 Å². The lowest BCUT2D eigenvalue weighted by molar-refractivity contribution is -0.121. The summed E-state index contributed by atoms with van der Waals surface area (Å²) < 4.78 is 0. The van der Waals surface area contributed by atoms with Gasteiger partial charge in [-0.05, 0) is 49.9 Å². The topological polar surface area (TPSA) is 58.4 Å². The van der Waals surface area contributed by atoms with Gasteiger partial charge in [0.1, 0.15) is 0 Å². The van der Waals surface area contributed by atoms with Crippen LogP contribution in [0.3, 0.4) is 0 Å². The van der Waals surface area contributed by atoms with Gasteiger partial charge in [-0.3, -0.25) is 4.79 Å². The second-order valence-corrected chi connectivity index (χ2v) is 6.04. The number of hydrogen-bond acceptors (Lipinski definition) is 3. The minimum atomic E-state index is 0.131. The molecule has 2 saturated heterocycles. The number of nitrogens with two attached hydrogens (primary N) is 1. The zero-order chi connectivity index (χ0) is 13.9. The van der Waals surface area contributed by atoms with Crippen molar-refractivity contribution >= 4 is 11.6 Å². The van der Waals surface area contributed by atoms with Gasteiger partial charge >= 0.3 is 0 Å². The van der Waals surface area contributed by atoms with E-state index in [9.17, 15) is 4.79 Å². The van der Waals surface area contributed by atoms with E-state index in [1.54, 1.807) is 0 Å². The van der Waals surface area contributed by atoms with Crippen molar-refractivity contribution in [2.75, 3.05) is 18.8 Å². The molecule has 4 nitrogen and oxygen atoms in total. The molecule has 1 aromatic carbocycles. The number of piperidine rings is 1. The Morgan fingerprint density at radius 1 is 1.25 bits per heavy atom. The number of amides is 1. The molecule has 108 valence electrons. The summed E-state index contributed by atoms with van der Waals surface area (Å²) in [5.41, 5.74) is 7.41. The molecule has 2 aliphatic rings. The van der Waals surface area contributed by atoms with E-state index in [-0.39, 0.29) is 5.91 Å². The molecule has 2 unspecified atom stereocenters. The number of hydrogen-bond donors (Lipinski definition) is 2. The summed E-state index contributed by atoms with van der Waals surface area (Å²) in [4.78, 5) is 14.7. The highest BCUT2D eigenvalue weighted by Crippen LogP contribution is 2.26. The van der Waals surface area contributed by atoms with Crippen molar-refractivity contribution in [2.24, 2.45) is 0 Å². The van der Waals surface area contributed by atoms with Crippen LogP contribution in [0.5, 0.6) is 0 Å². The highest BCUT2D eigenvalue weighted by molar-refractivity contribution is 5.79. The minimum absolute atomic E-state index is 0.131. The Hall–Kier alpha value is -1.55. The molecular weight excluding hydrogens is 250 g/mol. The fourth-order valence-electron chi connectivity index (χ4n) is 3.46. The fraction of sp³-hybridized carbons (Fsp3) is 0.562. The van der Waals surface area contributed by atoms with Crippen LogP contribution in [0.4, 0.5) is 5.69 Å². The second kappa shape index (κ2) is 5.83. The summed E-state index contributed by atoms with van der Waals surface area (Å²) in [7, 11) is 0. The Bertz CT molecular complexity index is 471. The molecule has 2 fully saturated rings. The number of carbonyl (C=O) groups excluding carboxylic acids is 1. The van der Waals surface area contributed by atoms with Crippen LogP contribution >= 0.6 is 0 Å². The van der Waals surface area contributed by atoms with E-state index >= 15 is 0 Å². The third kappa shape index (κ3) is 3.12. The number of anilines is 1. The molecule has 1 aromatic rings. The molecule has 2 aliphatic heterocycles. The first-order chi connectivity index (χ1) is 9.70. The van der Waals surface area contributed by atoms with Crippen LogP contribution in [0.1, 0.15) is 31.2 Å². The minimum Gasteiger partial charge on any atom is -0.399 e. The molecular formula is C16H23N3O. The zero-order valence-electron chi connectivity index (χ0n) is 11.8. The van der Waals surface area contributed by atoms with Crippen LogP contribution < -0.4 is 11.1 Å². The van der Waals surface area contributed by atoms with Gasteiger partial charge in [0.15, 0.2) is 0 Å². The Labute approximate surface area is 120 Å². The van der Waals surface area contributed by atoms with Gasteiger partial charge in [0.25, 0.3) is 0 Å². The molecule has 0 bridgehead atoms. The molecule has 0 saturated carbocycles. The maximum absolute atomic E-state index is 12.1. The largest absolute Gasteiger partial charge is 0.399 e. The van der Waals surface area contributed by atoms with Crippen molar-refractivity contribution in [1.29, 1.82) is 0 Å². The smallest absolute Gasteiger partial charge is 0.224 e. The molecule has 1 amide bonds. The van der Waals surface area contributed by atoms with E-state index in [1.165, 1.54) is 19.4 Å². The Morgan fingerprint density at radius 2 is 2.05 bits per heavy atom. The van der Waals surface area contributed by atoms with E-state index in [1.807, 2.05) is 24.3 Å². The number of nitrogens with one attached hydrogen (secondary N) is 1. The maximum atomic E-state index is 12.1. The number of carbonyl (C=O) groups is 1. The van der Waals surface area contributed by atoms with Crippen LogP contribution in [0.15, 0.2) is 24.3 Å². The molecule has 20 heavy (non-hydrogen) atoms. The molecule has 2 heterocycles. The molecule has 3 rings (SSSR count). The van der Waals surface area contributed by atoms with Gasteiger partial charge in [-0.25, -0.2) is 0 Å². The zero-order valence-corrected chi connectivity index (χ0v) is 11.8. The van der Waals surface area contributed by atoms with Gasteiger partial charge in [0, 0.05) is 24.3 Å². The van der Waals surface area contributed by atoms with Crippen molar-refractivity contribution in [3.8, 4) is 0 Å². The monoisotopic (exact) mass is 273 g/mol. The summed E-state index contributed by atoms with van der Waals surface area (Å²) in [6.45, 7) is 2.38. The number of benzene rings is 1. The van der Waals surface area contributed by atoms with E-state index in [2.05, 4.69) is 10.2 Å². The molecule has 0 spiro atoms. The molecule has 0 radical (unpaired) electrons. The number of rotatable bonds is 3. The third-order valence-corrected chi connectivity index (χ3v) is 4.53. The van der Waals surface area contributed by atoms with E-state index in [4.69, 9.17) is 5.73 Å². The number of fused-ring (bicyclic) bond motifs is 1. The maximum Gasteiger partial charge on any atom is 0.224 e. The van der Waals surface area contributed by atoms with Gasteiger partial charge in [-0.1, -0.05) is 12.1 Å². The number of nitrogens with zero attached hydrogens (tertiary/aromatic N) is 1. The Kier molecular flexibility index (Phi) is 3.92. The molecule has 0 aromatic heterocycles. The Balaban J connectivity index is 1.50. The SMILES string of the molecule is Nc1ccc(CC(=O)NC2CCN3CCCC3C2)cc1. The lowest BCUT2D eigenvalue weighted by atomic mass is 9.97. The molecule has 3 N–H and O–H groups in total. The lowest BCUT2D eigenvalue weighted by Crippen LogP contribution is -2.47. The van der Waals surface area contributed by atoms with Gasteiger partial charge < -0.3 is 16.0 Å². The van der Waals surface area contributed by atoms with Crippen LogP contribution in [0.2, 0.25) is 0 Å². The first kappa shape index (κ1) is 13.4. The molecule has 0 aliphatic carbocycles. The predicted octanol–water partition coefficient (Wildman–Crippen LogP) is 1.55. The van der Waals surface area contributed by atoms with Crippen LogP contribution in [0, 0.1) is 0 Å². The summed E-state index contributed by atoms with van der Waals surface area (Å²) >= 11 is 0. The average Bonchev–Trinajstić information content (AvgIpc) is 2.89. The highest BCUT2D eigenvalue weighted by Gasteiger charge is 2.32. The average molecular weight is 273 g/mol. The predicted molar refractivity (Wildman–Crippen MR) is 80.3 cm³/mol. The van der Waals surface area contributed by atoms with E-state index in [0.29, 0.717) is 18.5 Å². The first-order valence-electron chi connectivity index (χ1n) is 7.58. The second-order valence-electron chi connectivity index (χ2n) is 6.04. The Morgan fingerprint density at radius 3 is 2.85 bits per heavy atom. The van der Waals surface area contributed by atoms with E-state index in [0.717, 1.165) is 30.6 Å². The lowest BCUT2D eigenvalue weighted by Gasteiger charge is -2.35. The third-order valence-electron chi connectivity index (χ3n) is 4.53. The summed E-state index contributed by atoms with van der Waals surface area (Å²) in [5.74, 6) is 0.131. The van der Waals surface area contributed by atoms with Crippen molar-refractivity contribution < 1.29 is 4.79 Å². The van der Waals surface area contributed by atoms with Crippen LogP contribution in [0.25, 0.3) is 0 Å². The summed E-state index contributed by atoms with van der Waals surface area (Å²) in [6.07, 6.45) is 5.27. The first-order valence-corrected chi connectivity index (χ1v) is 7.58. The fourth-order valence-corrected chi connectivity index (χ4v) is 3.46. The van der Waals surface area contributed by atoms with Gasteiger partial charge in [-0.2, -0.15) is 0 Å². The van der Waals surface area contributed by atoms with Crippen molar-refractivity contribution in [2.45, 2.75) is 44.2 Å². The van der Waals surface area contributed by atoms with Gasteiger partial charge in [0.2, 0.25) is 5.91 Å². The summed E-state index contributed by atoms with van der Waals surface area (Å²) in [5, 5.41) is 3.20. The van der Waals surface area contributed by atoms with E-state index < -0.39 is 0 Å². The van der Waals surface area contributed by atoms with Gasteiger partial charge in [-0.15, -0.1) is 0 Å². The quantitative estimate of drug-likeness (QED) is 0.822. The standard InChI is InChI=1S/C16H23N3O/c17-13-5-3-12(4-6-13)10-16(20)18-14-7-9-19-8-1-2-15(19)11-14/h3-6,14-15H,1-2,7-11,17H2,(H,18,20). The molecule has 4 heteroatoms. The highest BCUT2D eigenvalue weighted by atomic mass is 16.1. The van der Waals surface area contributed by atoms with Crippen molar-refractivity contribution in [3.63, 3.8) is 0 Å². The van der Waals surface area contributed by atoms with Crippen molar-refractivity contribution in [3.05, 3.63) is 29.8 Å². The van der Waals surface area contributed by atoms with Gasteiger partial charge in [0.05, 0.1) is 6.42 Å². The normalized spacial score (nSPS) is 26.2.